The molecule has 1 N–H and O–H groups in total. The molecule has 0 unspecified atom stereocenters. The number of hydrogen-bond donors (Lipinski definition) is 1. The van der Waals surface area contributed by atoms with Crippen LogP contribution in [-0.2, 0) is 0 Å². The standard InChI is InChI=1S/C20H16O3/c1-22-13-10-11-17(21)16(12-13)20-14-6-2-4-8-18(14)23-19-9-5-3-7-15(19)20/h2-12,20-21H,1H3. The molecule has 0 bridgehead atoms. The number of rotatable bonds is 2. The molecule has 0 spiro atoms. The van der Waals surface area contributed by atoms with E-state index in [1.807, 2.05) is 54.6 Å². The quantitative estimate of drug-likeness (QED) is 0.584. The molecule has 3 aromatic rings. The van der Waals surface area contributed by atoms with Gasteiger partial charge in [-0.1, -0.05) is 36.4 Å². The lowest BCUT2D eigenvalue weighted by Gasteiger charge is -2.29. The maximum absolute atomic E-state index is 10.4. The van der Waals surface area contributed by atoms with Gasteiger partial charge in [-0.3, -0.25) is 0 Å². The summed E-state index contributed by atoms with van der Waals surface area (Å²) in [5, 5.41) is 10.4. The smallest absolute Gasteiger partial charge is 0.131 e. The monoisotopic (exact) mass is 304 g/mol. The predicted octanol–water partition coefficient (Wildman–Crippen LogP) is 4.69. The average molecular weight is 304 g/mol. The Balaban J connectivity index is 1.98. The Morgan fingerprint density at radius 2 is 1.43 bits per heavy atom. The zero-order chi connectivity index (χ0) is 15.8. The number of benzene rings is 3. The number of phenolic OH excluding ortho intramolecular Hbond substituents is 1. The number of aromatic hydroxyl groups is 1. The van der Waals surface area contributed by atoms with Crippen molar-refractivity contribution in [3.8, 4) is 23.0 Å². The van der Waals surface area contributed by atoms with Crippen molar-refractivity contribution < 1.29 is 14.6 Å². The summed E-state index contributed by atoms with van der Waals surface area (Å²) in [5.74, 6) is 2.52. The maximum Gasteiger partial charge on any atom is 0.131 e. The van der Waals surface area contributed by atoms with Crippen LogP contribution in [0, 0.1) is 0 Å². The highest BCUT2D eigenvalue weighted by molar-refractivity contribution is 5.60. The first-order valence-electron chi connectivity index (χ1n) is 7.50. The van der Waals surface area contributed by atoms with Crippen molar-refractivity contribution in [2.24, 2.45) is 0 Å². The van der Waals surface area contributed by atoms with Crippen molar-refractivity contribution >= 4 is 0 Å². The van der Waals surface area contributed by atoms with E-state index in [9.17, 15) is 5.11 Å². The van der Waals surface area contributed by atoms with Gasteiger partial charge in [0.25, 0.3) is 0 Å². The Kier molecular flexibility index (Phi) is 3.19. The van der Waals surface area contributed by atoms with E-state index in [4.69, 9.17) is 9.47 Å². The first kappa shape index (κ1) is 13.7. The molecular formula is C20H16O3. The van der Waals surface area contributed by atoms with Crippen LogP contribution in [0.3, 0.4) is 0 Å². The first-order chi connectivity index (χ1) is 11.3. The van der Waals surface area contributed by atoms with Crippen LogP contribution in [0.5, 0.6) is 23.0 Å². The van der Waals surface area contributed by atoms with Crippen LogP contribution < -0.4 is 9.47 Å². The summed E-state index contributed by atoms with van der Waals surface area (Å²) < 4.78 is 11.3. The predicted molar refractivity (Wildman–Crippen MR) is 88.6 cm³/mol. The van der Waals surface area contributed by atoms with Gasteiger partial charge in [0.2, 0.25) is 0 Å². The summed E-state index contributed by atoms with van der Waals surface area (Å²) in [6.07, 6.45) is 0. The fourth-order valence-corrected chi connectivity index (χ4v) is 3.14. The molecule has 0 saturated carbocycles. The van der Waals surface area contributed by atoms with E-state index < -0.39 is 0 Å². The van der Waals surface area contributed by atoms with Crippen LogP contribution in [0.25, 0.3) is 0 Å². The molecule has 114 valence electrons. The highest BCUT2D eigenvalue weighted by Crippen LogP contribution is 2.49. The van der Waals surface area contributed by atoms with Crippen molar-refractivity contribution in [2.45, 2.75) is 5.92 Å². The molecule has 1 heterocycles. The molecule has 3 heteroatoms. The van der Waals surface area contributed by atoms with Crippen molar-refractivity contribution in [3.63, 3.8) is 0 Å². The fourth-order valence-electron chi connectivity index (χ4n) is 3.14. The summed E-state index contributed by atoms with van der Waals surface area (Å²) >= 11 is 0. The Morgan fingerprint density at radius 3 is 2.04 bits per heavy atom. The minimum atomic E-state index is -0.0914. The second-order valence-electron chi connectivity index (χ2n) is 5.54. The molecule has 0 fully saturated rings. The van der Waals surface area contributed by atoms with Crippen LogP contribution in [0.2, 0.25) is 0 Å². The van der Waals surface area contributed by atoms with Crippen LogP contribution in [0.15, 0.2) is 66.7 Å². The molecule has 4 rings (SSSR count). The highest BCUT2D eigenvalue weighted by Gasteiger charge is 2.30. The lowest BCUT2D eigenvalue weighted by molar-refractivity contribution is 0.409. The normalized spacial score (nSPS) is 12.9. The van der Waals surface area contributed by atoms with E-state index in [1.54, 1.807) is 19.2 Å². The lowest BCUT2D eigenvalue weighted by atomic mass is 9.82. The van der Waals surface area contributed by atoms with Gasteiger partial charge in [-0.15, -0.1) is 0 Å². The molecule has 0 amide bonds. The molecule has 1 aliphatic heterocycles. The van der Waals surface area contributed by atoms with Crippen LogP contribution in [0.4, 0.5) is 0 Å². The summed E-state index contributed by atoms with van der Waals surface area (Å²) in [5.41, 5.74) is 2.89. The molecule has 3 nitrogen and oxygen atoms in total. The summed E-state index contributed by atoms with van der Waals surface area (Å²) in [6, 6.07) is 21.2. The number of fused-ring (bicyclic) bond motifs is 2. The molecule has 0 aliphatic carbocycles. The summed E-state index contributed by atoms with van der Waals surface area (Å²) in [6.45, 7) is 0. The van der Waals surface area contributed by atoms with Gasteiger partial charge < -0.3 is 14.6 Å². The lowest BCUT2D eigenvalue weighted by Crippen LogP contribution is -2.11. The van der Waals surface area contributed by atoms with E-state index in [0.29, 0.717) is 0 Å². The van der Waals surface area contributed by atoms with Crippen molar-refractivity contribution in [2.75, 3.05) is 7.11 Å². The van der Waals surface area contributed by atoms with E-state index in [2.05, 4.69) is 0 Å². The zero-order valence-corrected chi connectivity index (χ0v) is 12.7. The first-order valence-corrected chi connectivity index (χ1v) is 7.50. The molecule has 23 heavy (non-hydrogen) atoms. The second kappa shape index (κ2) is 5.36. The number of hydrogen-bond acceptors (Lipinski definition) is 3. The van der Waals surface area contributed by atoms with Gasteiger partial charge in [0.1, 0.15) is 23.0 Å². The zero-order valence-electron chi connectivity index (χ0n) is 12.7. The average Bonchev–Trinajstić information content (AvgIpc) is 2.60. The Labute approximate surface area is 134 Å². The van der Waals surface area contributed by atoms with Gasteiger partial charge in [0.15, 0.2) is 0 Å². The minimum Gasteiger partial charge on any atom is -0.508 e. The molecule has 0 atom stereocenters. The molecule has 0 aromatic heterocycles. The minimum absolute atomic E-state index is 0.0914. The topological polar surface area (TPSA) is 38.7 Å². The van der Waals surface area contributed by atoms with Gasteiger partial charge >= 0.3 is 0 Å². The van der Waals surface area contributed by atoms with Crippen molar-refractivity contribution in [3.05, 3.63) is 83.4 Å². The Morgan fingerprint density at radius 1 is 0.826 bits per heavy atom. The van der Waals surface area contributed by atoms with E-state index in [0.717, 1.165) is 33.9 Å². The van der Waals surface area contributed by atoms with Gasteiger partial charge in [-0.2, -0.15) is 0 Å². The van der Waals surface area contributed by atoms with Gasteiger partial charge in [-0.05, 0) is 30.3 Å². The SMILES string of the molecule is COc1ccc(O)c(C2c3ccccc3Oc3ccccc32)c1. The van der Waals surface area contributed by atoms with Gasteiger partial charge in [0.05, 0.1) is 7.11 Å². The van der Waals surface area contributed by atoms with Crippen molar-refractivity contribution in [1.82, 2.24) is 0 Å². The molecule has 1 aliphatic rings. The number of ether oxygens (including phenoxy) is 2. The van der Waals surface area contributed by atoms with Crippen molar-refractivity contribution in [1.29, 1.82) is 0 Å². The number of phenols is 1. The molecule has 0 radical (unpaired) electrons. The fraction of sp³-hybridized carbons (Fsp3) is 0.100. The highest BCUT2D eigenvalue weighted by atomic mass is 16.5. The van der Waals surface area contributed by atoms with Crippen LogP contribution in [0.1, 0.15) is 22.6 Å². The third kappa shape index (κ3) is 2.21. The third-order valence-corrected chi connectivity index (χ3v) is 4.23. The summed E-state index contributed by atoms with van der Waals surface area (Å²) in [4.78, 5) is 0. The largest absolute Gasteiger partial charge is 0.508 e. The molecule has 0 saturated heterocycles. The van der Waals surface area contributed by atoms with Gasteiger partial charge in [0, 0.05) is 22.6 Å². The molecular weight excluding hydrogens is 288 g/mol. The van der Waals surface area contributed by atoms with E-state index in [-0.39, 0.29) is 11.7 Å². The number of para-hydroxylation sites is 2. The van der Waals surface area contributed by atoms with Crippen LogP contribution >= 0.6 is 0 Å². The van der Waals surface area contributed by atoms with E-state index in [1.165, 1.54) is 0 Å². The Hall–Kier alpha value is -2.94. The maximum atomic E-state index is 10.4. The van der Waals surface area contributed by atoms with Gasteiger partial charge in [-0.25, -0.2) is 0 Å². The second-order valence-corrected chi connectivity index (χ2v) is 5.54. The Bertz CT molecular complexity index is 825. The number of methoxy groups -OCH3 is 1. The summed E-state index contributed by atoms with van der Waals surface area (Å²) in [7, 11) is 1.63. The third-order valence-electron chi connectivity index (χ3n) is 4.23. The molecule has 3 aromatic carbocycles. The van der Waals surface area contributed by atoms with Crippen LogP contribution in [-0.4, -0.2) is 12.2 Å². The van der Waals surface area contributed by atoms with E-state index >= 15 is 0 Å².